The van der Waals surface area contributed by atoms with Gasteiger partial charge in [-0.2, -0.15) is 0 Å². The van der Waals surface area contributed by atoms with Crippen LogP contribution in [0.1, 0.15) is 23.4 Å². The molecule has 1 heterocycles. The average Bonchev–Trinajstić information content (AvgIpc) is 2.47. The predicted octanol–water partition coefficient (Wildman–Crippen LogP) is 3.01. The fourth-order valence-corrected chi connectivity index (χ4v) is 5.11. The van der Waals surface area contributed by atoms with Gasteiger partial charge in [0.15, 0.2) is 0 Å². The Bertz CT molecular complexity index is 262. The number of nitrogens with two attached hydrogens (primary N) is 1. The van der Waals surface area contributed by atoms with Crippen LogP contribution in [0.3, 0.4) is 0 Å². The van der Waals surface area contributed by atoms with Crippen LogP contribution >= 0.6 is 29.2 Å². The molecular weight excluding hydrogens is 332 g/mol. The van der Waals surface area contributed by atoms with E-state index in [0.29, 0.717) is 0 Å². The minimum atomic E-state index is -2.06. The Labute approximate surface area is 97.4 Å². The number of thiophene rings is 1. The third-order valence-electron chi connectivity index (χ3n) is 1.83. The molecule has 0 radical (unpaired) electrons. The maximum absolute atomic E-state index is 5.87. The summed E-state index contributed by atoms with van der Waals surface area (Å²) in [7, 11) is 11.7. The van der Waals surface area contributed by atoms with E-state index in [1.807, 2.05) is 6.92 Å². The van der Waals surface area contributed by atoms with Crippen molar-refractivity contribution < 1.29 is 0 Å². The van der Waals surface area contributed by atoms with Crippen molar-refractivity contribution in [2.45, 2.75) is 23.8 Å². The Hall–Kier alpha value is 1.04. The van der Waals surface area contributed by atoms with E-state index in [4.69, 9.17) is 23.6 Å². The zero-order valence-electron chi connectivity index (χ0n) is 7.47. The Morgan fingerprint density at radius 2 is 2.31 bits per heavy atom. The van der Waals surface area contributed by atoms with Gasteiger partial charge in [0.25, 0.3) is 0 Å². The first kappa shape index (κ1) is 12.1. The third-order valence-corrected chi connectivity index (χ3v) is 7.98. The Kier molecular flexibility index (Phi) is 5.41. The molecule has 0 amide bonds. The van der Waals surface area contributed by atoms with Crippen LogP contribution in [0.25, 0.3) is 0 Å². The van der Waals surface area contributed by atoms with Gasteiger partial charge in [-0.1, -0.05) is 0 Å². The molecule has 0 aliphatic rings. The number of aryl methyl sites for hydroxylation is 1. The summed E-state index contributed by atoms with van der Waals surface area (Å²) in [5.41, 5.74) is 7.16. The molecule has 0 aromatic carbocycles. The molecule has 0 aliphatic heterocycles. The van der Waals surface area contributed by atoms with Crippen molar-refractivity contribution in [2.24, 2.45) is 5.73 Å². The predicted molar refractivity (Wildman–Crippen MR) is 64.3 cm³/mol. The van der Waals surface area contributed by atoms with Crippen molar-refractivity contribution in [3.8, 4) is 0 Å². The van der Waals surface area contributed by atoms with Crippen LogP contribution in [0.4, 0.5) is 0 Å². The van der Waals surface area contributed by atoms with Crippen LogP contribution in [0, 0.1) is 0 Å². The van der Waals surface area contributed by atoms with Crippen molar-refractivity contribution >= 4 is 46.7 Å². The van der Waals surface area contributed by atoms with E-state index in [1.165, 1.54) is 10.4 Å². The fraction of sp³-hybridized carbons (Fsp3) is 0.500. The Morgan fingerprint density at radius 1 is 1.62 bits per heavy atom. The molecule has 1 aromatic rings. The molecule has 1 atom stereocenters. The summed E-state index contributed by atoms with van der Waals surface area (Å²) in [5.74, 6) is 0. The normalized spacial score (nSPS) is 13.6. The first-order valence-electron chi connectivity index (χ1n) is 4.21. The average molecular weight is 345 g/mol. The van der Waals surface area contributed by atoms with Crippen molar-refractivity contribution in [2.75, 3.05) is 0 Å². The van der Waals surface area contributed by atoms with Crippen LogP contribution in [0.5, 0.6) is 0 Å². The maximum atomic E-state index is 5.87. The van der Waals surface area contributed by atoms with Crippen molar-refractivity contribution in [1.29, 1.82) is 0 Å². The van der Waals surface area contributed by atoms with Gasteiger partial charge in [-0.3, -0.25) is 0 Å². The van der Waals surface area contributed by atoms with E-state index in [0.717, 1.165) is 10.9 Å². The molecule has 5 heteroatoms. The molecule has 2 N–H and O–H groups in total. The van der Waals surface area contributed by atoms with Gasteiger partial charge in [0.1, 0.15) is 0 Å². The molecule has 1 unspecified atom stereocenters. The van der Waals surface area contributed by atoms with Gasteiger partial charge in [-0.25, -0.2) is 0 Å². The molecule has 0 aliphatic carbocycles. The second-order valence-electron chi connectivity index (χ2n) is 3.03. The quantitative estimate of drug-likeness (QED) is 0.835. The monoisotopic (exact) mass is 345 g/mol. The topological polar surface area (TPSA) is 26.0 Å². The first-order valence-corrected chi connectivity index (χ1v) is 15.8. The van der Waals surface area contributed by atoms with Crippen LogP contribution < -0.4 is 5.73 Å². The molecule has 0 fully saturated rings. The second-order valence-corrected chi connectivity index (χ2v) is 16.4. The van der Waals surface area contributed by atoms with E-state index < -0.39 is 17.5 Å². The fourth-order valence-electron chi connectivity index (χ4n) is 1.22. The molecule has 74 valence electrons. The molecular formula is C8H13Cl2NSSn. The summed E-state index contributed by atoms with van der Waals surface area (Å²) in [6, 6.07) is 2.26. The molecule has 1 nitrogen and oxygen atoms in total. The summed E-state index contributed by atoms with van der Waals surface area (Å²) >= 11 is -0.343. The summed E-state index contributed by atoms with van der Waals surface area (Å²) in [6.45, 7) is 2.01. The summed E-state index contributed by atoms with van der Waals surface area (Å²) in [6.07, 6.45) is 1.01. The number of rotatable bonds is 4. The van der Waals surface area contributed by atoms with Crippen LogP contribution in [0.15, 0.2) is 11.4 Å². The van der Waals surface area contributed by atoms with Gasteiger partial charge in [-0.15, -0.1) is 0 Å². The molecule has 0 bridgehead atoms. The first-order chi connectivity index (χ1) is 6.11. The molecule has 0 spiro atoms. The summed E-state index contributed by atoms with van der Waals surface area (Å²) in [5, 5.41) is 2.08. The van der Waals surface area contributed by atoms with Crippen molar-refractivity contribution in [3.05, 3.63) is 21.9 Å². The Morgan fingerprint density at radius 3 is 2.85 bits per heavy atom. The second kappa shape index (κ2) is 5.81. The van der Waals surface area contributed by atoms with E-state index in [-0.39, 0.29) is 6.04 Å². The van der Waals surface area contributed by atoms with E-state index in [9.17, 15) is 0 Å². The third kappa shape index (κ3) is 3.96. The van der Waals surface area contributed by atoms with Crippen molar-refractivity contribution in [3.63, 3.8) is 0 Å². The summed E-state index contributed by atoms with van der Waals surface area (Å²) in [4.78, 5) is 1.28. The molecule has 0 saturated carbocycles. The molecule has 13 heavy (non-hydrogen) atoms. The standard InChI is InChI=1S/C8H12NS.2ClH.Sn.H/c1-3-7-4-5-10-8(7)6(2)9;;;;/h4-6H,1,3,9H2,2H3;2*1H;;/q;;;+2;/p-2. The van der Waals surface area contributed by atoms with Gasteiger partial charge < -0.3 is 0 Å². The number of halogens is 2. The van der Waals surface area contributed by atoms with Crippen LogP contribution in [0.2, 0.25) is 4.44 Å². The van der Waals surface area contributed by atoms with E-state index >= 15 is 0 Å². The van der Waals surface area contributed by atoms with Gasteiger partial charge in [0.05, 0.1) is 0 Å². The molecule has 1 rings (SSSR count). The van der Waals surface area contributed by atoms with E-state index in [2.05, 4.69) is 11.4 Å². The minimum absolute atomic E-state index is 0.134. The SMILES string of the molecule is CC(N)c1sccc1C[CH2][SnH]([Cl])[Cl]. The van der Waals surface area contributed by atoms with Gasteiger partial charge in [-0.05, 0) is 0 Å². The van der Waals surface area contributed by atoms with Crippen LogP contribution in [-0.4, -0.2) is 17.5 Å². The van der Waals surface area contributed by atoms with E-state index in [1.54, 1.807) is 11.3 Å². The zero-order chi connectivity index (χ0) is 9.84. The number of hydrogen-bond acceptors (Lipinski definition) is 2. The van der Waals surface area contributed by atoms with Crippen molar-refractivity contribution in [1.82, 2.24) is 0 Å². The molecule has 1 aromatic heterocycles. The summed E-state index contributed by atoms with van der Waals surface area (Å²) < 4.78 is 1.00. The van der Waals surface area contributed by atoms with Gasteiger partial charge in [0, 0.05) is 0 Å². The van der Waals surface area contributed by atoms with Gasteiger partial charge in [0.2, 0.25) is 0 Å². The van der Waals surface area contributed by atoms with Crippen LogP contribution in [-0.2, 0) is 6.42 Å². The zero-order valence-corrected chi connectivity index (χ0v) is 13.1. The number of hydrogen-bond donors (Lipinski definition) is 1. The van der Waals surface area contributed by atoms with Gasteiger partial charge >= 0.3 is 98.1 Å². The Balaban J connectivity index is 2.60. The molecule has 0 saturated heterocycles.